The third kappa shape index (κ3) is 2.32. The Labute approximate surface area is 110 Å². The molecule has 0 radical (unpaired) electrons. The molecule has 0 amide bonds. The Morgan fingerprint density at radius 2 is 1.33 bits per heavy atom. The highest BCUT2D eigenvalue weighted by Crippen LogP contribution is 2.50. The standard InChI is InChI=1S/C15H26O3/c1-7-14(4,5)10-11(13(17)18-12(10)16)15(6,8-2)9-3/h10-11H,7-9H2,1-6H3. The predicted molar refractivity (Wildman–Crippen MR) is 70.8 cm³/mol. The molecular weight excluding hydrogens is 228 g/mol. The van der Waals surface area contributed by atoms with E-state index in [9.17, 15) is 9.59 Å². The van der Waals surface area contributed by atoms with E-state index >= 15 is 0 Å². The zero-order chi connectivity index (χ0) is 14.1. The molecule has 3 nitrogen and oxygen atoms in total. The van der Waals surface area contributed by atoms with Gasteiger partial charge in [-0.05, 0) is 23.7 Å². The van der Waals surface area contributed by atoms with Crippen molar-refractivity contribution in [1.29, 1.82) is 0 Å². The Balaban J connectivity index is 3.21. The van der Waals surface area contributed by atoms with Crippen LogP contribution in [0.25, 0.3) is 0 Å². The summed E-state index contributed by atoms with van der Waals surface area (Å²) in [7, 11) is 0. The van der Waals surface area contributed by atoms with Crippen molar-refractivity contribution in [1.82, 2.24) is 0 Å². The number of carbonyl (C=O) groups is 2. The van der Waals surface area contributed by atoms with Gasteiger partial charge in [0.25, 0.3) is 0 Å². The van der Waals surface area contributed by atoms with E-state index in [1.807, 2.05) is 0 Å². The topological polar surface area (TPSA) is 43.4 Å². The van der Waals surface area contributed by atoms with Gasteiger partial charge < -0.3 is 4.74 Å². The monoisotopic (exact) mass is 254 g/mol. The summed E-state index contributed by atoms with van der Waals surface area (Å²) in [5.41, 5.74) is -0.347. The normalized spacial score (nSPS) is 25.4. The predicted octanol–water partition coefficient (Wildman–Crippen LogP) is 3.56. The van der Waals surface area contributed by atoms with E-state index in [1.165, 1.54) is 0 Å². The van der Waals surface area contributed by atoms with E-state index in [0.717, 1.165) is 19.3 Å². The van der Waals surface area contributed by atoms with Crippen molar-refractivity contribution in [3.63, 3.8) is 0 Å². The Bertz CT molecular complexity index is 340. The van der Waals surface area contributed by atoms with E-state index in [-0.39, 0.29) is 34.6 Å². The van der Waals surface area contributed by atoms with Gasteiger partial charge >= 0.3 is 11.9 Å². The van der Waals surface area contributed by atoms with E-state index < -0.39 is 0 Å². The van der Waals surface area contributed by atoms with Crippen LogP contribution in [0.4, 0.5) is 0 Å². The summed E-state index contributed by atoms with van der Waals surface area (Å²) in [4.78, 5) is 24.1. The number of carbonyl (C=O) groups excluding carboxylic acids is 2. The van der Waals surface area contributed by atoms with Crippen LogP contribution in [0.1, 0.15) is 60.8 Å². The van der Waals surface area contributed by atoms with Crippen molar-refractivity contribution in [2.75, 3.05) is 0 Å². The third-order valence-corrected chi connectivity index (χ3v) is 5.16. The fraction of sp³-hybridized carbons (Fsp3) is 0.867. The van der Waals surface area contributed by atoms with Crippen molar-refractivity contribution in [3.05, 3.63) is 0 Å². The van der Waals surface area contributed by atoms with Gasteiger partial charge in [0.15, 0.2) is 0 Å². The fourth-order valence-corrected chi connectivity index (χ4v) is 2.87. The third-order valence-electron chi connectivity index (χ3n) is 5.16. The number of esters is 2. The lowest BCUT2D eigenvalue weighted by atomic mass is 9.61. The van der Waals surface area contributed by atoms with Gasteiger partial charge in [-0.25, -0.2) is 0 Å². The molecule has 3 heteroatoms. The van der Waals surface area contributed by atoms with Crippen molar-refractivity contribution in [3.8, 4) is 0 Å². The van der Waals surface area contributed by atoms with Gasteiger partial charge in [0, 0.05) is 0 Å². The second kappa shape index (κ2) is 5.02. The Morgan fingerprint density at radius 3 is 1.72 bits per heavy atom. The Morgan fingerprint density at radius 1 is 0.889 bits per heavy atom. The molecule has 0 saturated carbocycles. The molecule has 0 aliphatic carbocycles. The van der Waals surface area contributed by atoms with Crippen LogP contribution in [0, 0.1) is 22.7 Å². The lowest BCUT2D eigenvalue weighted by Gasteiger charge is -2.39. The van der Waals surface area contributed by atoms with Crippen molar-refractivity contribution in [2.24, 2.45) is 22.7 Å². The van der Waals surface area contributed by atoms with E-state index in [0.29, 0.717) is 0 Å². The minimum atomic E-state index is -0.329. The Hall–Kier alpha value is -0.860. The van der Waals surface area contributed by atoms with Crippen LogP contribution in [0.15, 0.2) is 0 Å². The van der Waals surface area contributed by atoms with Gasteiger partial charge in [-0.1, -0.05) is 48.0 Å². The highest BCUT2D eigenvalue weighted by atomic mass is 16.6. The highest BCUT2D eigenvalue weighted by Gasteiger charge is 2.56. The van der Waals surface area contributed by atoms with Gasteiger partial charge in [-0.15, -0.1) is 0 Å². The number of cyclic esters (lactones) is 2. The highest BCUT2D eigenvalue weighted by molar-refractivity contribution is 5.97. The molecule has 0 aromatic rings. The van der Waals surface area contributed by atoms with Crippen molar-refractivity contribution >= 4 is 11.9 Å². The maximum atomic E-state index is 12.1. The minimum Gasteiger partial charge on any atom is -0.393 e. The molecule has 0 N–H and O–H groups in total. The van der Waals surface area contributed by atoms with Gasteiger partial charge in [0.1, 0.15) is 0 Å². The molecule has 1 fully saturated rings. The average molecular weight is 254 g/mol. The SMILES string of the molecule is CCC(C)(C)C1C(=O)OC(=O)C1C(C)(CC)CC. The van der Waals surface area contributed by atoms with E-state index in [2.05, 4.69) is 41.5 Å². The molecule has 104 valence electrons. The first-order valence-electron chi connectivity index (χ1n) is 6.99. The molecule has 1 heterocycles. The molecule has 0 spiro atoms. The summed E-state index contributed by atoms with van der Waals surface area (Å²) >= 11 is 0. The zero-order valence-corrected chi connectivity index (χ0v) is 12.5. The average Bonchev–Trinajstić information content (AvgIpc) is 2.64. The number of rotatable bonds is 5. The minimum absolute atomic E-state index is 0.152. The molecule has 0 bridgehead atoms. The molecule has 2 unspecified atom stereocenters. The molecule has 0 aromatic heterocycles. The van der Waals surface area contributed by atoms with Gasteiger partial charge in [-0.2, -0.15) is 0 Å². The second-order valence-electron chi connectivity index (χ2n) is 6.40. The molecule has 0 aromatic carbocycles. The second-order valence-corrected chi connectivity index (χ2v) is 6.40. The lowest BCUT2D eigenvalue weighted by molar-refractivity contribution is -0.155. The first-order valence-corrected chi connectivity index (χ1v) is 6.99. The number of hydrogen-bond acceptors (Lipinski definition) is 3. The number of ether oxygens (including phenoxy) is 1. The van der Waals surface area contributed by atoms with Crippen LogP contribution >= 0.6 is 0 Å². The summed E-state index contributed by atoms with van der Waals surface area (Å²) in [5, 5.41) is 0. The molecule has 18 heavy (non-hydrogen) atoms. The lowest BCUT2D eigenvalue weighted by Crippen LogP contribution is -2.41. The zero-order valence-electron chi connectivity index (χ0n) is 12.5. The maximum absolute atomic E-state index is 12.1. The summed E-state index contributed by atoms with van der Waals surface area (Å²) in [6.07, 6.45) is 2.62. The van der Waals surface area contributed by atoms with Crippen LogP contribution < -0.4 is 0 Å². The molecule has 1 saturated heterocycles. The van der Waals surface area contributed by atoms with Crippen LogP contribution in [-0.2, 0) is 14.3 Å². The Kier molecular flexibility index (Phi) is 4.24. The van der Waals surface area contributed by atoms with Gasteiger partial charge in [-0.3, -0.25) is 9.59 Å². The van der Waals surface area contributed by atoms with Crippen molar-refractivity contribution in [2.45, 2.75) is 60.8 Å². The summed E-state index contributed by atoms with van der Waals surface area (Å²) in [6, 6.07) is 0. The van der Waals surface area contributed by atoms with Crippen molar-refractivity contribution < 1.29 is 14.3 Å². The molecule has 1 aliphatic rings. The van der Waals surface area contributed by atoms with Crippen LogP contribution in [-0.4, -0.2) is 11.9 Å². The largest absolute Gasteiger partial charge is 0.393 e. The number of hydrogen-bond donors (Lipinski definition) is 0. The fourth-order valence-electron chi connectivity index (χ4n) is 2.87. The molecular formula is C15H26O3. The van der Waals surface area contributed by atoms with E-state index in [4.69, 9.17) is 4.74 Å². The first kappa shape index (κ1) is 15.2. The quantitative estimate of drug-likeness (QED) is 0.556. The molecule has 1 rings (SSSR count). The summed E-state index contributed by atoms with van der Waals surface area (Å²) in [5.74, 6) is -1.25. The maximum Gasteiger partial charge on any atom is 0.318 e. The summed E-state index contributed by atoms with van der Waals surface area (Å²) < 4.78 is 4.95. The van der Waals surface area contributed by atoms with Crippen LogP contribution in [0.2, 0.25) is 0 Å². The van der Waals surface area contributed by atoms with Crippen LogP contribution in [0.5, 0.6) is 0 Å². The smallest absolute Gasteiger partial charge is 0.318 e. The van der Waals surface area contributed by atoms with Gasteiger partial charge in [0.2, 0.25) is 0 Å². The van der Waals surface area contributed by atoms with Gasteiger partial charge in [0.05, 0.1) is 11.8 Å². The molecule has 1 aliphatic heterocycles. The summed E-state index contributed by atoms with van der Waals surface area (Å²) in [6.45, 7) is 12.4. The first-order chi connectivity index (χ1) is 8.23. The van der Waals surface area contributed by atoms with E-state index in [1.54, 1.807) is 0 Å². The van der Waals surface area contributed by atoms with Crippen LogP contribution in [0.3, 0.4) is 0 Å². The molecule has 2 atom stereocenters.